The summed E-state index contributed by atoms with van der Waals surface area (Å²) in [4.78, 5) is 4.81. The average molecular weight is 302 g/mol. The van der Waals surface area contributed by atoms with Gasteiger partial charge in [0.1, 0.15) is 0 Å². The first kappa shape index (κ1) is 16.2. The van der Waals surface area contributed by atoms with Crippen LogP contribution in [0.5, 0.6) is 0 Å². The smallest absolute Gasteiger partial charge is 0.0947 e. The van der Waals surface area contributed by atoms with E-state index in [1.165, 1.54) is 21.8 Å². The summed E-state index contributed by atoms with van der Waals surface area (Å²) in [6.07, 6.45) is 2.04. The number of thiazole rings is 1. The molecule has 114 valence electrons. The lowest BCUT2D eigenvalue weighted by molar-refractivity contribution is 0.560. The van der Waals surface area contributed by atoms with Crippen molar-refractivity contribution < 1.29 is 0 Å². The summed E-state index contributed by atoms with van der Waals surface area (Å²) < 4.78 is 0. The van der Waals surface area contributed by atoms with Gasteiger partial charge in [0.05, 0.1) is 10.7 Å². The summed E-state index contributed by atoms with van der Waals surface area (Å²) in [5, 5.41) is 6.82. The molecule has 2 aromatic rings. The third-order valence-electron chi connectivity index (χ3n) is 3.84. The highest BCUT2D eigenvalue weighted by Crippen LogP contribution is 2.26. The van der Waals surface area contributed by atoms with E-state index < -0.39 is 0 Å². The van der Waals surface area contributed by atoms with Crippen LogP contribution in [0.1, 0.15) is 55.6 Å². The van der Waals surface area contributed by atoms with Crippen LogP contribution in [0.25, 0.3) is 0 Å². The van der Waals surface area contributed by atoms with Crippen molar-refractivity contribution in [2.24, 2.45) is 0 Å². The maximum atomic E-state index is 4.81. The fourth-order valence-electron chi connectivity index (χ4n) is 2.30. The second-order valence-electron chi connectivity index (χ2n) is 6.52. The molecule has 0 spiro atoms. The van der Waals surface area contributed by atoms with Gasteiger partial charge in [-0.3, -0.25) is 0 Å². The highest BCUT2D eigenvalue weighted by atomic mass is 32.1. The zero-order chi connectivity index (χ0) is 15.5. The molecule has 1 heterocycles. The maximum Gasteiger partial charge on any atom is 0.0947 e. The fourth-order valence-corrected chi connectivity index (χ4v) is 3.36. The van der Waals surface area contributed by atoms with Crippen LogP contribution in [0.2, 0.25) is 0 Å². The van der Waals surface area contributed by atoms with Crippen molar-refractivity contribution in [1.82, 2.24) is 10.3 Å². The Balaban J connectivity index is 2.13. The average Bonchev–Trinajstić information content (AvgIpc) is 2.93. The van der Waals surface area contributed by atoms with Crippen LogP contribution in [-0.4, -0.2) is 12.0 Å². The number of hydrogen-bond acceptors (Lipinski definition) is 3. The molecule has 0 radical (unpaired) electrons. The minimum atomic E-state index is 0.132. The summed E-state index contributed by atoms with van der Waals surface area (Å²) in [7, 11) is 2.02. The van der Waals surface area contributed by atoms with E-state index in [0.717, 1.165) is 12.8 Å². The zero-order valence-electron chi connectivity index (χ0n) is 13.7. The lowest BCUT2D eigenvalue weighted by atomic mass is 9.93. The Kier molecular flexibility index (Phi) is 5.17. The molecule has 2 nitrogen and oxygen atoms in total. The molecule has 1 N–H and O–H groups in total. The number of rotatable bonds is 5. The SMILES string of the molecule is CCc1ccc(C(Cc2nc(C(C)(C)C)cs2)NC)cc1. The largest absolute Gasteiger partial charge is 0.313 e. The maximum absolute atomic E-state index is 4.81. The molecule has 1 atom stereocenters. The summed E-state index contributed by atoms with van der Waals surface area (Å²) in [5.41, 5.74) is 4.05. The summed E-state index contributed by atoms with van der Waals surface area (Å²) in [5.74, 6) is 0. The third-order valence-corrected chi connectivity index (χ3v) is 4.71. The molecule has 0 aliphatic rings. The zero-order valence-corrected chi connectivity index (χ0v) is 14.6. The van der Waals surface area contributed by atoms with Crippen LogP contribution in [0.3, 0.4) is 0 Å². The van der Waals surface area contributed by atoms with Crippen molar-refractivity contribution in [2.45, 2.75) is 52.0 Å². The first-order valence-corrected chi connectivity index (χ1v) is 8.53. The van der Waals surface area contributed by atoms with Crippen LogP contribution in [-0.2, 0) is 18.3 Å². The summed E-state index contributed by atoms with van der Waals surface area (Å²) in [6.45, 7) is 8.83. The molecular formula is C18H26N2S. The number of aryl methyl sites for hydroxylation is 1. The van der Waals surface area contributed by atoms with Gasteiger partial charge in [-0.05, 0) is 24.6 Å². The van der Waals surface area contributed by atoms with Crippen molar-refractivity contribution in [3.8, 4) is 0 Å². The Morgan fingerprint density at radius 1 is 1.19 bits per heavy atom. The molecule has 1 aromatic heterocycles. The lowest BCUT2D eigenvalue weighted by Gasteiger charge is -2.16. The number of aromatic nitrogens is 1. The van der Waals surface area contributed by atoms with E-state index in [-0.39, 0.29) is 5.41 Å². The Hall–Kier alpha value is -1.19. The summed E-state index contributed by atoms with van der Waals surface area (Å²) >= 11 is 1.77. The van der Waals surface area contributed by atoms with Crippen LogP contribution in [0.4, 0.5) is 0 Å². The molecule has 3 heteroatoms. The van der Waals surface area contributed by atoms with Crippen LogP contribution in [0.15, 0.2) is 29.6 Å². The van der Waals surface area contributed by atoms with Crippen molar-refractivity contribution in [2.75, 3.05) is 7.05 Å². The van der Waals surface area contributed by atoms with Gasteiger partial charge in [-0.15, -0.1) is 11.3 Å². The standard InChI is InChI=1S/C18H26N2S/c1-6-13-7-9-14(10-8-13)15(19-5)11-17-20-16(12-21-17)18(2,3)4/h7-10,12,15,19H,6,11H2,1-5H3. The first-order valence-electron chi connectivity index (χ1n) is 7.65. The van der Waals surface area contributed by atoms with Crippen molar-refractivity contribution >= 4 is 11.3 Å². The lowest BCUT2D eigenvalue weighted by Crippen LogP contribution is -2.19. The number of benzene rings is 1. The van der Waals surface area contributed by atoms with Crippen LogP contribution >= 0.6 is 11.3 Å². The third kappa shape index (κ3) is 4.14. The number of nitrogens with zero attached hydrogens (tertiary/aromatic N) is 1. The summed E-state index contributed by atoms with van der Waals surface area (Å²) in [6, 6.07) is 9.25. The Morgan fingerprint density at radius 2 is 1.86 bits per heavy atom. The number of hydrogen-bond donors (Lipinski definition) is 1. The highest BCUT2D eigenvalue weighted by Gasteiger charge is 2.19. The van der Waals surface area contributed by atoms with Gasteiger partial charge in [-0.1, -0.05) is 52.0 Å². The quantitative estimate of drug-likeness (QED) is 0.879. The molecule has 0 saturated heterocycles. The van der Waals surface area contributed by atoms with E-state index >= 15 is 0 Å². The predicted octanol–water partition coefficient (Wildman–Crippen LogP) is 4.51. The minimum absolute atomic E-state index is 0.132. The molecule has 21 heavy (non-hydrogen) atoms. The van der Waals surface area contributed by atoms with E-state index in [0.29, 0.717) is 6.04 Å². The Bertz CT molecular complexity index is 564. The number of likely N-dealkylation sites (N-methyl/N-ethyl adjacent to an activating group) is 1. The van der Waals surface area contributed by atoms with Gasteiger partial charge in [0.25, 0.3) is 0 Å². The molecule has 0 aliphatic carbocycles. The van der Waals surface area contributed by atoms with Gasteiger partial charge in [0.2, 0.25) is 0 Å². The van der Waals surface area contributed by atoms with E-state index in [9.17, 15) is 0 Å². The van der Waals surface area contributed by atoms with Crippen LogP contribution in [0, 0.1) is 0 Å². The van der Waals surface area contributed by atoms with Gasteiger partial charge in [0.15, 0.2) is 0 Å². The molecule has 1 aromatic carbocycles. The first-order chi connectivity index (χ1) is 9.94. The Morgan fingerprint density at radius 3 is 2.33 bits per heavy atom. The van der Waals surface area contributed by atoms with E-state index in [2.05, 4.69) is 62.7 Å². The molecule has 0 saturated carbocycles. The van der Waals surface area contributed by atoms with Crippen molar-refractivity contribution in [3.05, 3.63) is 51.5 Å². The fraction of sp³-hybridized carbons (Fsp3) is 0.500. The van der Waals surface area contributed by atoms with Gasteiger partial charge in [0, 0.05) is 23.3 Å². The van der Waals surface area contributed by atoms with Gasteiger partial charge in [-0.25, -0.2) is 4.98 Å². The molecule has 0 fully saturated rings. The predicted molar refractivity (Wildman–Crippen MR) is 92.1 cm³/mol. The topological polar surface area (TPSA) is 24.9 Å². The van der Waals surface area contributed by atoms with E-state index in [4.69, 9.17) is 4.98 Å². The second kappa shape index (κ2) is 6.71. The monoisotopic (exact) mass is 302 g/mol. The minimum Gasteiger partial charge on any atom is -0.313 e. The molecular weight excluding hydrogens is 276 g/mol. The van der Waals surface area contributed by atoms with E-state index in [1.807, 2.05) is 7.05 Å². The van der Waals surface area contributed by atoms with Crippen molar-refractivity contribution in [1.29, 1.82) is 0 Å². The van der Waals surface area contributed by atoms with Gasteiger partial charge in [-0.2, -0.15) is 0 Å². The van der Waals surface area contributed by atoms with Gasteiger partial charge >= 0.3 is 0 Å². The number of nitrogens with one attached hydrogen (secondary N) is 1. The Labute approximate surface area is 132 Å². The van der Waals surface area contributed by atoms with E-state index in [1.54, 1.807) is 11.3 Å². The van der Waals surface area contributed by atoms with Gasteiger partial charge < -0.3 is 5.32 Å². The second-order valence-corrected chi connectivity index (χ2v) is 7.46. The van der Waals surface area contributed by atoms with Crippen LogP contribution < -0.4 is 5.32 Å². The molecule has 0 aliphatic heterocycles. The molecule has 0 amide bonds. The molecule has 0 bridgehead atoms. The molecule has 1 unspecified atom stereocenters. The normalized spacial score (nSPS) is 13.4. The molecule has 2 rings (SSSR count). The highest BCUT2D eigenvalue weighted by molar-refractivity contribution is 7.09. The van der Waals surface area contributed by atoms with Crippen molar-refractivity contribution in [3.63, 3.8) is 0 Å².